The van der Waals surface area contributed by atoms with Crippen LogP contribution in [0.4, 0.5) is 74.6 Å². The van der Waals surface area contributed by atoms with E-state index in [0.29, 0.717) is 5.56 Å². The summed E-state index contributed by atoms with van der Waals surface area (Å²) in [5, 5.41) is 10.3. The predicted molar refractivity (Wildman–Crippen MR) is 168 cm³/mol. The molecule has 1 atom stereocenters. The summed E-state index contributed by atoms with van der Waals surface area (Å²) < 4.78 is 250. The maximum atomic E-state index is 14.8. The van der Waals surface area contributed by atoms with E-state index in [9.17, 15) is 84.5 Å². The molecule has 1 N–H and O–H groups in total. The lowest BCUT2D eigenvalue weighted by Crippen LogP contribution is -2.74. The molecule has 324 valence electrons. The van der Waals surface area contributed by atoms with E-state index >= 15 is 0 Å². The second-order valence-corrected chi connectivity index (χ2v) is 18.0. The molecule has 0 heterocycles. The molecule has 1 rings (SSSR count). The lowest BCUT2D eigenvalue weighted by molar-refractivity contribution is -0.461. The highest BCUT2D eigenvalue weighted by Gasteiger charge is 2.95. The highest BCUT2D eigenvalue weighted by atomic mass is 28.4. The molecule has 0 fully saturated rings. The summed E-state index contributed by atoms with van der Waals surface area (Å²) in [6.45, 7) is 6.27. The van der Waals surface area contributed by atoms with E-state index in [-0.39, 0.29) is 25.4 Å². The first-order valence-electron chi connectivity index (χ1n) is 16.4. The Hall–Kier alpha value is -3.08. The molecule has 0 aliphatic heterocycles. The van der Waals surface area contributed by atoms with Gasteiger partial charge in [0.1, 0.15) is 12.4 Å². The van der Waals surface area contributed by atoms with Crippen LogP contribution in [0.15, 0.2) is 48.6 Å². The molecule has 23 heteroatoms. The lowest BCUT2D eigenvalue weighted by Gasteiger charge is -2.44. The number of alkyl halides is 17. The van der Waals surface area contributed by atoms with Gasteiger partial charge in [0.2, 0.25) is 0 Å². The summed E-state index contributed by atoms with van der Waals surface area (Å²) in [7, 11) is -3.94. The fourth-order valence-corrected chi connectivity index (χ4v) is 9.75. The maximum absolute atomic E-state index is 14.8. The molecule has 56 heavy (non-hydrogen) atoms. The summed E-state index contributed by atoms with van der Waals surface area (Å²) in [5.41, 5.74) is -1.27. The number of esters is 1. The molecule has 0 unspecified atom stereocenters. The summed E-state index contributed by atoms with van der Waals surface area (Å²) in [4.78, 5) is 11.3. The van der Waals surface area contributed by atoms with Gasteiger partial charge in [-0.15, -0.1) is 0 Å². The van der Waals surface area contributed by atoms with Crippen molar-refractivity contribution in [2.45, 2.75) is 118 Å². The first-order valence-corrected chi connectivity index (χ1v) is 18.7. The monoisotopic (exact) mass is 866 g/mol. The Morgan fingerprint density at radius 3 is 1.61 bits per heavy atom. The highest BCUT2D eigenvalue weighted by molar-refractivity contribution is 6.76. The molecule has 0 bridgehead atoms. The van der Waals surface area contributed by atoms with Crippen LogP contribution in [0.25, 0.3) is 0 Å². The van der Waals surface area contributed by atoms with Crippen LogP contribution < -0.4 is 4.74 Å². The van der Waals surface area contributed by atoms with Crippen molar-refractivity contribution in [3.8, 4) is 5.75 Å². The van der Waals surface area contributed by atoms with E-state index in [1.807, 2.05) is 0 Å². The predicted octanol–water partition coefficient (Wildman–Crippen LogP) is 11.3. The third kappa shape index (κ3) is 10.1. The van der Waals surface area contributed by atoms with Gasteiger partial charge in [-0.05, 0) is 48.2 Å². The number of carbonyl (C=O) groups excluding carboxylic acids is 1. The van der Waals surface area contributed by atoms with Crippen LogP contribution in [-0.2, 0) is 14.0 Å². The summed E-state index contributed by atoms with van der Waals surface area (Å²) in [6, 6.07) is 4.43. The largest absolute Gasteiger partial charge is 0.491 e. The maximum Gasteiger partial charge on any atom is 0.460 e. The van der Waals surface area contributed by atoms with Crippen LogP contribution in [0.5, 0.6) is 5.75 Å². The molecule has 0 saturated heterocycles. The smallest absolute Gasteiger partial charge is 0.460 e. The van der Waals surface area contributed by atoms with Crippen LogP contribution in [0.1, 0.15) is 59.1 Å². The van der Waals surface area contributed by atoms with E-state index in [2.05, 4.69) is 0 Å². The van der Waals surface area contributed by atoms with Crippen molar-refractivity contribution in [2.24, 2.45) is 0 Å². The molecule has 0 aliphatic rings. The van der Waals surface area contributed by atoms with Gasteiger partial charge >= 0.3 is 53.6 Å². The molecule has 0 aliphatic carbocycles. The SMILES string of the molecule is CCOC(=O)/C=C/C=C/C[C@@H](O)c1ccc(OCCO[Si](CCC(F)(F)C(F)(F)C(F)(F)C(F)(F)C(F)(F)C(F)(F)C(F)(F)C(F)(F)F)(C(C)C)C(C)C)cc1. The number of rotatable bonds is 22. The first kappa shape index (κ1) is 50.9. The van der Waals surface area contributed by atoms with Gasteiger partial charge < -0.3 is 19.0 Å². The molecule has 1 aromatic rings. The van der Waals surface area contributed by atoms with Gasteiger partial charge in [0.05, 0.1) is 19.3 Å². The van der Waals surface area contributed by atoms with Gasteiger partial charge in [0, 0.05) is 12.5 Å². The van der Waals surface area contributed by atoms with Gasteiger partial charge in [-0.3, -0.25) is 0 Å². The molecule has 5 nitrogen and oxygen atoms in total. The number of ether oxygens (including phenoxy) is 2. The van der Waals surface area contributed by atoms with Crippen molar-refractivity contribution in [1.29, 1.82) is 0 Å². The van der Waals surface area contributed by atoms with Gasteiger partial charge in [0.25, 0.3) is 0 Å². The number of halogens is 17. The molecule has 0 radical (unpaired) electrons. The second kappa shape index (κ2) is 18.2. The summed E-state index contributed by atoms with van der Waals surface area (Å²) >= 11 is 0. The molecular formula is C33H39F17O5Si. The number of benzene rings is 1. The Morgan fingerprint density at radius 2 is 1.16 bits per heavy atom. The molecule has 0 spiro atoms. The van der Waals surface area contributed by atoms with Crippen LogP contribution >= 0.6 is 0 Å². The first-order chi connectivity index (χ1) is 25.2. The second-order valence-electron chi connectivity index (χ2n) is 13.0. The Balaban J connectivity index is 3.14. The molecule has 1 aromatic carbocycles. The molecular weight excluding hydrogens is 827 g/mol. The zero-order valence-electron chi connectivity index (χ0n) is 30.1. The fraction of sp³-hybridized carbons (Fsp3) is 0.667. The van der Waals surface area contributed by atoms with E-state index in [1.165, 1.54) is 70.2 Å². The quantitative estimate of drug-likeness (QED) is 0.0314. The summed E-state index contributed by atoms with van der Waals surface area (Å²) in [5.74, 6) is -57.1. The van der Waals surface area contributed by atoms with Crippen LogP contribution in [0, 0.1) is 0 Å². The standard InChI is InChI=1S/C33H39F17O5Si/c1-6-53-25(52)11-9-7-8-10-24(51)22-12-14-23(15-13-22)54-17-18-55-56(20(2)3,21(4)5)19-16-26(34,35)27(36,37)28(38,39)29(40,41)30(42,43)31(44,45)32(46,47)33(48,49)50/h7-9,11-15,20-21,24,51H,6,10,16-19H2,1-5H3/b8-7+,11-9+/t24-/m1/s1. The van der Waals surface area contributed by atoms with Crippen LogP contribution in [0.3, 0.4) is 0 Å². The number of aliphatic hydroxyl groups excluding tert-OH is 1. The number of hydrogen-bond donors (Lipinski definition) is 1. The topological polar surface area (TPSA) is 65.0 Å². The fourth-order valence-electron chi connectivity index (χ4n) is 5.28. The van der Waals surface area contributed by atoms with Crippen LogP contribution in [-0.4, -0.2) is 86.8 Å². The van der Waals surface area contributed by atoms with E-state index < -0.39 is 98.2 Å². The van der Waals surface area contributed by atoms with E-state index in [4.69, 9.17) is 13.9 Å². The normalized spacial score (nSPS) is 15.4. The number of allylic oxidation sites excluding steroid dienone is 2. The van der Waals surface area contributed by atoms with Gasteiger partial charge in [-0.1, -0.05) is 58.1 Å². The third-order valence-electron chi connectivity index (χ3n) is 8.68. The highest BCUT2D eigenvalue weighted by Crippen LogP contribution is 2.64. The van der Waals surface area contributed by atoms with Gasteiger partial charge in [0.15, 0.2) is 8.32 Å². The Morgan fingerprint density at radius 1 is 0.696 bits per heavy atom. The van der Waals surface area contributed by atoms with Crippen molar-refractivity contribution in [2.75, 3.05) is 19.8 Å². The van der Waals surface area contributed by atoms with Crippen molar-refractivity contribution in [3.63, 3.8) is 0 Å². The molecule has 0 amide bonds. The van der Waals surface area contributed by atoms with Gasteiger partial charge in [-0.25, -0.2) is 4.79 Å². The summed E-state index contributed by atoms with van der Waals surface area (Å²) in [6.07, 6.45) is -5.59. The zero-order chi connectivity index (χ0) is 44.0. The number of hydrogen-bond acceptors (Lipinski definition) is 5. The van der Waals surface area contributed by atoms with Crippen molar-refractivity contribution in [1.82, 2.24) is 0 Å². The minimum Gasteiger partial charge on any atom is -0.491 e. The minimum absolute atomic E-state index is 0.132. The van der Waals surface area contributed by atoms with Crippen molar-refractivity contribution in [3.05, 3.63) is 54.1 Å². The van der Waals surface area contributed by atoms with Gasteiger partial charge in [-0.2, -0.15) is 74.6 Å². The zero-order valence-corrected chi connectivity index (χ0v) is 31.1. The van der Waals surface area contributed by atoms with Crippen LogP contribution in [0.2, 0.25) is 17.1 Å². The van der Waals surface area contributed by atoms with E-state index in [0.717, 1.165) is 0 Å². The van der Waals surface area contributed by atoms with E-state index in [1.54, 1.807) is 13.0 Å². The number of aliphatic hydroxyl groups is 1. The average molecular weight is 867 g/mol. The number of carbonyl (C=O) groups is 1. The minimum atomic E-state index is -8.68. The molecule has 0 aromatic heterocycles. The lowest BCUT2D eigenvalue weighted by atomic mass is 9.88. The third-order valence-corrected chi connectivity index (χ3v) is 14.4. The average Bonchev–Trinajstić information content (AvgIpc) is 3.06. The Bertz CT molecular complexity index is 1470. The Labute approximate surface area is 311 Å². The Kier molecular flexibility index (Phi) is 16.6. The molecule has 0 saturated carbocycles. The van der Waals surface area contributed by atoms with Crippen molar-refractivity contribution >= 4 is 14.3 Å². The van der Waals surface area contributed by atoms with Crippen molar-refractivity contribution < 1.29 is 98.4 Å².